The van der Waals surface area contributed by atoms with Gasteiger partial charge in [-0.15, -0.1) is 0 Å². The molecule has 7 nitrogen and oxygen atoms in total. The van der Waals surface area contributed by atoms with Crippen LogP contribution >= 0.6 is 0 Å². The molecule has 0 spiro atoms. The Bertz CT molecular complexity index is 1270. The van der Waals surface area contributed by atoms with Crippen LogP contribution in [0.5, 0.6) is 11.5 Å². The number of nitrogens with zero attached hydrogens (tertiary/aromatic N) is 2. The van der Waals surface area contributed by atoms with Gasteiger partial charge in [0.25, 0.3) is 5.91 Å². The number of ether oxygens (including phenoxy) is 1. The third-order valence-electron chi connectivity index (χ3n) is 5.96. The summed E-state index contributed by atoms with van der Waals surface area (Å²) in [5, 5.41) is 14.5. The Labute approximate surface area is 173 Å². The number of carbonyl (C=O) groups is 2. The van der Waals surface area contributed by atoms with Crippen LogP contribution in [0.3, 0.4) is 0 Å². The zero-order valence-electron chi connectivity index (χ0n) is 16.9. The number of aromatic nitrogens is 1. The Hall–Kier alpha value is -3.74. The van der Waals surface area contributed by atoms with Crippen LogP contribution in [0.2, 0.25) is 0 Å². The summed E-state index contributed by atoms with van der Waals surface area (Å²) in [5.41, 5.74) is 4.99. The molecule has 1 aromatic heterocycles. The molecule has 0 bridgehead atoms. The number of nitrogens with one attached hydrogen (secondary N) is 1. The van der Waals surface area contributed by atoms with Gasteiger partial charge >= 0.3 is 0 Å². The van der Waals surface area contributed by atoms with E-state index in [1.54, 1.807) is 18.2 Å². The van der Waals surface area contributed by atoms with E-state index in [9.17, 15) is 14.7 Å². The molecule has 7 heteroatoms. The first-order chi connectivity index (χ1) is 14.4. The highest BCUT2D eigenvalue weighted by atomic mass is 16.5. The maximum Gasteiger partial charge on any atom is 0.259 e. The van der Waals surface area contributed by atoms with Gasteiger partial charge in [-0.2, -0.15) is 0 Å². The molecule has 0 aliphatic carbocycles. The normalized spacial score (nSPS) is 17.8. The molecule has 2 amide bonds. The van der Waals surface area contributed by atoms with Gasteiger partial charge in [0.05, 0.1) is 24.7 Å². The van der Waals surface area contributed by atoms with Gasteiger partial charge in [-0.3, -0.25) is 14.5 Å². The number of phenolic OH excluding ortho intramolecular Hbond substituents is 1. The first kappa shape index (κ1) is 18.3. The minimum Gasteiger partial charge on any atom is -0.504 e. The summed E-state index contributed by atoms with van der Waals surface area (Å²) >= 11 is 0. The van der Waals surface area contributed by atoms with Crippen LogP contribution in [0.25, 0.3) is 10.9 Å². The lowest BCUT2D eigenvalue weighted by Gasteiger charge is -2.20. The predicted octanol–water partition coefficient (Wildman–Crippen LogP) is 3.09. The summed E-state index contributed by atoms with van der Waals surface area (Å²) in [6.07, 6.45) is 2.03. The zero-order chi connectivity index (χ0) is 21.2. The van der Waals surface area contributed by atoms with Crippen LogP contribution in [-0.4, -0.2) is 40.0 Å². The van der Waals surface area contributed by atoms with E-state index in [2.05, 4.69) is 5.32 Å². The van der Waals surface area contributed by atoms with Crippen molar-refractivity contribution >= 4 is 28.4 Å². The number of methoxy groups -OCH3 is 1. The molecule has 0 saturated heterocycles. The van der Waals surface area contributed by atoms with E-state index in [1.807, 2.05) is 36.0 Å². The molecule has 0 unspecified atom stereocenters. The van der Waals surface area contributed by atoms with E-state index >= 15 is 0 Å². The lowest BCUT2D eigenvalue weighted by atomic mass is 9.84. The molecule has 0 saturated carbocycles. The van der Waals surface area contributed by atoms with E-state index in [-0.39, 0.29) is 24.1 Å². The first-order valence-corrected chi connectivity index (χ1v) is 9.68. The molecule has 2 N–H and O–H groups in total. The van der Waals surface area contributed by atoms with Crippen molar-refractivity contribution < 1.29 is 19.4 Å². The van der Waals surface area contributed by atoms with Gasteiger partial charge in [0, 0.05) is 42.9 Å². The van der Waals surface area contributed by atoms with Crippen molar-refractivity contribution in [3.63, 3.8) is 0 Å². The Kier molecular flexibility index (Phi) is 3.89. The fourth-order valence-corrected chi connectivity index (χ4v) is 4.59. The number of rotatable bonds is 2. The largest absolute Gasteiger partial charge is 0.504 e. The predicted molar refractivity (Wildman–Crippen MR) is 112 cm³/mol. The quantitative estimate of drug-likeness (QED) is 0.687. The second kappa shape index (κ2) is 6.38. The molecular weight excluding hydrogens is 382 g/mol. The van der Waals surface area contributed by atoms with Gasteiger partial charge in [0.2, 0.25) is 5.91 Å². The summed E-state index contributed by atoms with van der Waals surface area (Å²) < 4.78 is 7.35. The molecular formula is C23H21N3O4. The SMILES string of the molecule is COc1cc([C@@H]2C3=C(CN(C(C)=O)C3=O)Nc3cccc4c3c2cn4C)ccc1O. The van der Waals surface area contributed by atoms with Crippen LogP contribution in [0.1, 0.15) is 24.0 Å². The van der Waals surface area contributed by atoms with Crippen molar-refractivity contribution in [3.8, 4) is 11.5 Å². The van der Waals surface area contributed by atoms with E-state index < -0.39 is 5.92 Å². The third-order valence-corrected chi connectivity index (χ3v) is 5.96. The van der Waals surface area contributed by atoms with E-state index in [0.717, 1.165) is 33.4 Å². The summed E-state index contributed by atoms with van der Waals surface area (Å²) in [6, 6.07) is 11.1. The average molecular weight is 403 g/mol. The zero-order valence-corrected chi connectivity index (χ0v) is 16.9. The maximum atomic E-state index is 13.3. The highest BCUT2D eigenvalue weighted by Crippen LogP contribution is 2.47. The van der Waals surface area contributed by atoms with Crippen molar-refractivity contribution in [1.82, 2.24) is 9.47 Å². The molecule has 152 valence electrons. The standard InChI is InChI=1S/C23H21N3O4/c1-12(27)26-11-16-22(23(26)29)20(13-7-8-18(28)19(9-13)30-3)14-10-25(2)17-6-4-5-15(24-16)21(14)17/h4-10,20,24,28H,11H2,1-3H3/t20-/m0/s1. The van der Waals surface area contributed by atoms with Crippen molar-refractivity contribution in [2.75, 3.05) is 19.0 Å². The fraction of sp³-hybridized carbons (Fsp3) is 0.217. The second-order valence-electron chi connectivity index (χ2n) is 7.69. The molecule has 2 aliphatic heterocycles. The number of phenols is 1. The van der Waals surface area contributed by atoms with Crippen LogP contribution in [0, 0.1) is 0 Å². The van der Waals surface area contributed by atoms with E-state index in [4.69, 9.17) is 4.74 Å². The molecule has 5 rings (SSSR count). The van der Waals surface area contributed by atoms with Crippen LogP contribution in [-0.2, 0) is 16.6 Å². The van der Waals surface area contributed by atoms with Crippen LogP contribution in [0.15, 0.2) is 53.9 Å². The molecule has 3 aromatic rings. The summed E-state index contributed by atoms with van der Waals surface area (Å²) in [4.78, 5) is 26.7. The number of carbonyl (C=O) groups excluding carboxylic acids is 2. The highest BCUT2D eigenvalue weighted by molar-refractivity contribution is 6.11. The minimum absolute atomic E-state index is 0.0314. The van der Waals surface area contributed by atoms with Crippen molar-refractivity contribution in [2.24, 2.45) is 7.05 Å². The number of anilines is 1. The van der Waals surface area contributed by atoms with Crippen molar-refractivity contribution in [1.29, 1.82) is 0 Å². The number of aromatic hydroxyl groups is 1. The van der Waals surface area contributed by atoms with Crippen molar-refractivity contribution in [2.45, 2.75) is 12.8 Å². The lowest BCUT2D eigenvalue weighted by Crippen LogP contribution is -2.33. The Balaban J connectivity index is 1.81. The molecule has 0 fully saturated rings. The summed E-state index contributed by atoms with van der Waals surface area (Å²) in [7, 11) is 3.46. The van der Waals surface area contributed by atoms with Crippen LogP contribution < -0.4 is 10.1 Å². The van der Waals surface area contributed by atoms with Gasteiger partial charge in [-0.25, -0.2) is 0 Å². The number of hydrogen-bond donors (Lipinski definition) is 2. The highest BCUT2D eigenvalue weighted by Gasteiger charge is 2.41. The topological polar surface area (TPSA) is 83.8 Å². The van der Waals surface area contributed by atoms with Gasteiger partial charge < -0.3 is 19.7 Å². The van der Waals surface area contributed by atoms with E-state index in [0.29, 0.717) is 11.3 Å². The summed E-state index contributed by atoms with van der Waals surface area (Å²) in [5.74, 6) is -0.633. The smallest absolute Gasteiger partial charge is 0.259 e. The van der Waals surface area contributed by atoms with Gasteiger partial charge in [-0.05, 0) is 35.4 Å². The Morgan fingerprint density at radius 1 is 1.27 bits per heavy atom. The molecule has 1 atom stereocenters. The van der Waals surface area contributed by atoms with Crippen molar-refractivity contribution in [3.05, 3.63) is 65.0 Å². The van der Waals surface area contributed by atoms with Gasteiger partial charge in [-0.1, -0.05) is 12.1 Å². The Morgan fingerprint density at radius 3 is 2.80 bits per heavy atom. The first-order valence-electron chi connectivity index (χ1n) is 9.68. The minimum atomic E-state index is -0.411. The maximum absolute atomic E-state index is 13.3. The molecule has 0 radical (unpaired) electrons. The van der Waals surface area contributed by atoms with E-state index in [1.165, 1.54) is 18.9 Å². The number of amides is 2. The molecule has 2 aromatic carbocycles. The molecule has 30 heavy (non-hydrogen) atoms. The third kappa shape index (κ3) is 2.45. The number of hydrogen-bond acceptors (Lipinski definition) is 5. The number of imide groups is 1. The Morgan fingerprint density at radius 2 is 2.07 bits per heavy atom. The molecule has 3 heterocycles. The monoisotopic (exact) mass is 403 g/mol. The van der Waals surface area contributed by atoms with Gasteiger partial charge in [0.15, 0.2) is 11.5 Å². The lowest BCUT2D eigenvalue weighted by molar-refractivity contribution is -0.139. The summed E-state index contributed by atoms with van der Waals surface area (Å²) in [6.45, 7) is 1.61. The number of benzene rings is 2. The van der Waals surface area contributed by atoms with Crippen LogP contribution in [0.4, 0.5) is 5.69 Å². The second-order valence-corrected chi connectivity index (χ2v) is 7.69. The van der Waals surface area contributed by atoms with Gasteiger partial charge in [0.1, 0.15) is 0 Å². The average Bonchev–Trinajstić information content (AvgIpc) is 3.17. The number of aryl methyl sites for hydroxylation is 1. The molecule has 2 aliphatic rings. The fourth-order valence-electron chi connectivity index (χ4n) is 4.59.